The molecule has 0 saturated heterocycles. The zero-order valence-corrected chi connectivity index (χ0v) is 15.6. The van der Waals surface area contributed by atoms with E-state index in [0.29, 0.717) is 17.8 Å². The van der Waals surface area contributed by atoms with Gasteiger partial charge in [-0.25, -0.2) is 13.6 Å². The predicted molar refractivity (Wildman–Crippen MR) is 103 cm³/mol. The Morgan fingerprint density at radius 1 is 1.15 bits per heavy atom. The van der Waals surface area contributed by atoms with E-state index >= 15 is 0 Å². The summed E-state index contributed by atoms with van der Waals surface area (Å²) in [6.07, 6.45) is 4.89. The van der Waals surface area contributed by atoms with Crippen LogP contribution in [-0.4, -0.2) is 18.2 Å². The van der Waals surface area contributed by atoms with Crippen LogP contribution in [0.3, 0.4) is 0 Å². The molecule has 0 saturated carbocycles. The molecule has 0 atom stereocenters. The fourth-order valence-electron chi connectivity index (χ4n) is 2.38. The van der Waals surface area contributed by atoms with Gasteiger partial charge in [-0.1, -0.05) is 12.0 Å². The number of anilines is 2. The molecule has 2 aromatic carbocycles. The van der Waals surface area contributed by atoms with Crippen LogP contribution in [0.4, 0.5) is 25.0 Å². The van der Waals surface area contributed by atoms with Gasteiger partial charge in [-0.2, -0.15) is 0 Å². The van der Waals surface area contributed by atoms with Crippen LogP contribution in [0, 0.1) is 24.0 Å². The van der Waals surface area contributed by atoms with E-state index in [4.69, 9.17) is 11.2 Å². The number of amides is 1. The summed E-state index contributed by atoms with van der Waals surface area (Å²) in [5.74, 6) is 0.766. The lowest BCUT2D eigenvalue weighted by Crippen LogP contribution is -2.27. The van der Waals surface area contributed by atoms with Gasteiger partial charge in [0.05, 0.1) is 6.54 Å². The molecule has 0 aliphatic carbocycles. The Balaban J connectivity index is 2.10. The summed E-state index contributed by atoms with van der Waals surface area (Å²) in [5, 5.41) is 2.65. The molecule has 0 aliphatic heterocycles. The van der Waals surface area contributed by atoms with Gasteiger partial charge in [0.25, 0.3) is 0 Å². The molecular weight excluding hydrogens is 350 g/mol. The standard InChI is InChI=1S/C21H22F2N2O2/c1-5-12-25(14-15-6-11-18(22)19(23)13-15)17-9-7-16(8-10-17)24-20(26)27-21(2,3)4/h1,6-11,13H,12,14H2,2-4H3,(H,24,26). The first-order valence-electron chi connectivity index (χ1n) is 8.40. The Hall–Kier alpha value is -3.07. The maximum atomic E-state index is 13.4. The maximum absolute atomic E-state index is 13.4. The van der Waals surface area contributed by atoms with Gasteiger partial charge < -0.3 is 9.64 Å². The molecule has 0 bridgehead atoms. The average molecular weight is 372 g/mol. The van der Waals surface area contributed by atoms with Crippen molar-refractivity contribution in [1.82, 2.24) is 0 Å². The summed E-state index contributed by atoms with van der Waals surface area (Å²) in [4.78, 5) is 13.7. The first kappa shape index (κ1) is 20.2. The number of halogens is 2. The van der Waals surface area contributed by atoms with Gasteiger partial charge in [-0.15, -0.1) is 6.42 Å². The number of terminal acetylenes is 1. The molecule has 0 fully saturated rings. The van der Waals surface area contributed by atoms with E-state index in [1.807, 2.05) is 4.90 Å². The van der Waals surface area contributed by atoms with Crippen molar-refractivity contribution in [2.45, 2.75) is 32.9 Å². The highest BCUT2D eigenvalue weighted by molar-refractivity contribution is 5.85. The number of benzene rings is 2. The Labute approximate surface area is 158 Å². The molecule has 1 amide bonds. The van der Waals surface area contributed by atoms with Crippen LogP contribution in [0.25, 0.3) is 0 Å². The largest absolute Gasteiger partial charge is 0.444 e. The van der Waals surface area contributed by atoms with Crippen LogP contribution < -0.4 is 10.2 Å². The molecule has 0 spiro atoms. The van der Waals surface area contributed by atoms with Crippen molar-refractivity contribution in [3.63, 3.8) is 0 Å². The Bertz CT molecular complexity index is 837. The molecular formula is C21H22F2N2O2. The van der Waals surface area contributed by atoms with Crippen molar-refractivity contribution in [2.75, 3.05) is 16.8 Å². The van der Waals surface area contributed by atoms with Gasteiger partial charge in [0.1, 0.15) is 5.60 Å². The molecule has 142 valence electrons. The van der Waals surface area contributed by atoms with Crippen molar-refractivity contribution in [2.24, 2.45) is 0 Å². The number of nitrogens with one attached hydrogen (secondary N) is 1. The van der Waals surface area contributed by atoms with E-state index < -0.39 is 23.3 Å². The monoisotopic (exact) mass is 372 g/mol. The zero-order chi connectivity index (χ0) is 20.0. The lowest BCUT2D eigenvalue weighted by Gasteiger charge is -2.23. The van der Waals surface area contributed by atoms with Crippen LogP contribution in [0.5, 0.6) is 0 Å². The number of hydrogen-bond donors (Lipinski definition) is 1. The predicted octanol–water partition coefficient (Wildman–Crippen LogP) is 4.95. The second kappa shape index (κ2) is 8.54. The minimum atomic E-state index is -0.898. The van der Waals surface area contributed by atoms with Crippen molar-refractivity contribution in [1.29, 1.82) is 0 Å². The van der Waals surface area contributed by atoms with E-state index in [-0.39, 0.29) is 6.54 Å². The number of hydrogen-bond acceptors (Lipinski definition) is 3. The fraction of sp³-hybridized carbons (Fsp3) is 0.286. The second-order valence-electron chi connectivity index (χ2n) is 6.98. The minimum Gasteiger partial charge on any atom is -0.444 e. The van der Waals surface area contributed by atoms with Gasteiger partial charge in [-0.05, 0) is 62.7 Å². The Kier molecular flexibility index (Phi) is 6.40. The summed E-state index contributed by atoms with van der Waals surface area (Å²) < 4.78 is 31.7. The molecule has 6 heteroatoms. The van der Waals surface area contributed by atoms with E-state index in [0.717, 1.165) is 17.8 Å². The summed E-state index contributed by atoms with van der Waals surface area (Å²) in [7, 11) is 0. The van der Waals surface area contributed by atoms with E-state index in [1.165, 1.54) is 6.07 Å². The number of rotatable bonds is 5. The number of nitrogens with zero attached hydrogens (tertiary/aromatic N) is 1. The molecule has 0 aromatic heterocycles. The van der Waals surface area contributed by atoms with Crippen molar-refractivity contribution in [3.8, 4) is 12.3 Å². The Morgan fingerprint density at radius 2 is 1.81 bits per heavy atom. The molecule has 2 aromatic rings. The highest BCUT2D eigenvalue weighted by Gasteiger charge is 2.16. The fourth-order valence-corrected chi connectivity index (χ4v) is 2.38. The van der Waals surface area contributed by atoms with E-state index in [9.17, 15) is 13.6 Å². The smallest absolute Gasteiger partial charge is 0.412 e. The van der Waals surface area contributed by atoms with Crippen LogP contribution in [0.1, 0.15) is 26.3 Å². The van der Waals surface area contributed by atoms with Gasteiger partial charge in [0.2, 0.25) is 0 Å². The molecule has 0 unspecified atom stereocenters. The first-order valence-corrected chi connectivity index (χ1v) is 8.40. The van der Waals surface area contributed by atoms with Gasteiger partial charge >= 0.3 is 6.09 Å². The quantitative estimate of drug-likeness (QED) is 0.755. The summed E-state index contributed by atoms with van der Waals surface area (Å²) in [6, 6.07) is 10.8. The summed E-state index contributed by atoms with van der Waals surface area (Å²) >= 11 is 0. The van der Waals surface area contributed by atoms with Gasteiger partial charge in [0.15, 0.2) is 11.6 Å². The van der Waals surface area contributed by atoms with Crippen LogP contribution in [0.15, 0.2) is 42.5 Å². The maximum Gasteiger partial charge on any atom is 0.412 e. The number of ether oxygens (including phenoxy) is 1. The third-order valence-corrected chi connectivity index (χ3v) is 3.52. The summed E-state index contributed by atoms with van der Waals surface area (Å²) in [6.45, 7) is 5.96. The Morgan fingerprint density at radius 3 is 2.37 bits per heavy atom. The van der Waals surface area contributed by atoms with E-state index in [2.05, 4.69) is 11.2 Å². The van der Waals surface area contributed by atoms with Crippen molar-refractivity contribution < 1.29 is 18.3 Å². The lowest BCUT2D eigenvalue weighted by molar-refractivity contribution is 0.0636. The third-order valence-electron chi connectivity index (χ3n) is 3.52. The zero-order valence-electron chi connectivity index (χ0n) is 15.6. The van der Waals surface area contributed by atoms with Crippen LogP contribution in [-0.2, 0) is 11.3 Å². The SMILES string of the molecule is C#CCN(Cc1ccc(F)c(F)c1)c1ccc(NC(=O)OC(C)(C)C)cc1. The van der Waals surface area contributed by atoms with Crippen LogP contribution in [0.2, 0.25) is 0 Å². The molecule has 0 aliphatic rings. The summed E-state index contributed by atoms with van der Waals surface area (Å²) in [5.41, 5.74) is 1.37. The highest BCUT2D eigenvalue weighted by atomic mass is 19.2. The average Bonchev–Trinajstić information content (AvgIpc) is 2.57. The van der Waals surface area contributed by atoms with Crippen molar-refractivity contribution in [3.05, 3.63) is 59.7 Å². The number of carbonyl (C=O) groups is 1. The van der Waals surface area contributed by atoms with Gasteiger partial charge in [0, 0.05) is 17.9 Å². The van der Waals surface area contributed by atoms with Gasteiger partial charge in [-0.3, -0.25) is 5.32 Å². The topological polar surface area (TPSA) is 41.6 Å². The first-order chi connectivity index (χ1) is 12.7. The molecule has 0 radical (unpaired) electrons. The van der Waals surface area contributed by atoms with Crippen LogP contribution >= 0.6 is 0 Å². The van der Waals surface area contributed by atoms with Crippen molar-refractivity contribution >= 4 is 17.5 Å². The third kappa shape index (κ3) is 6.30. The van der Waals surface area contributed by atoms with E-state index in [1.54, 1.807) is 45.0 Å². The molecule has 4 nitrogen and oxygen atoms in total. The molecule has 27 heavy (non-hydrogen) atoms. The minimum absolute atomic E-state index is 0.290. The highest BCUT2D eigenvalue weighted by Crippen LogP contribution is 2.21. The molecule has 0 heterocycles. The number of carbonyl (C=O) groups excluding carboxylic acids is 1. The lowest BCUT2D eigenvalue weighted by atomic mass is 10.1. The second-order valence-corrected chi connectivity index (χ2v) is 6.98. The molecule has 1 N–H and O–H groups in total. The normalized spacial score (nSPS) is 10.8. The molecule has 2 rings (SSSR count).